The van der Waals surface area contributed by atoms with Crippen molar-refractivity contribution in [1.29, 1.82) is 5.26 Å². The average molecular weight is 416 g/mol. The summed E-state index contributed by atoms with van der Waals surface area (Å²) >= 11 is 0. The van der Waals surface area contributed by atoms with Gasteiger partial charge in [0.25, 0.3) is 0 Å². The zero-order valence-electron chi connectivity index (χ0n) is 17.8. The van der Waals surface area contributed by atoms with Crippen molar-refractivity contribution in [2.45, 2.75) is 38.5 Å². The quantitative estimate of drug-likeness (QED) is 0.684. The van der Waals surface area contributed by atoms with E-state index in [1.54, 1.807) is 10.9 Å². The van der Waals surface area contributed by atoms with Gasteiger partial charge in [-0.05, 0) is 32.8 Å². The molecule has 0 saturated heterocycles. The number of benzene rings is 1. The topological polar surface area (TPSA) is 104 Å². The van der Waals surface area contributed by atoms with Crippen molar-refractivity contribution >= 4 is 0 Å². The first kappa shape index (κ1) is 19.2. The molecular formula is C23H24N6O2. The van der Waals surface area contributed by atoms with Crippen LogP contribution in [0.25, 0.3) is 5.69 Å². The van der Waals surface area contributed by atoms with Crippen LogP contribution < -0.4 is 15.2 Å². The van der Waals surface area contributed by atoms with Gasteiger partial charge in [0.15, 0.2) is 0 Å². The van der Waals surface area contributed by atoms with E-state index in [-0.39, 0.29) is 5.88 Å². The number of rotatable bonds is 5. The monoisotopic (exact) mass is 416 g/mol. The minimum absolute atomic E-state index is 0.113. The minimum Gasteiger partial charge on any atom is -0.493 e. The highest BCUT2D eigenvalue weighted by atomic mass is 16.5. The number of aromatic nitrogens is 4. The van der Waals surface area contributed by atoms with Gasteiger partial charge < -0.3 is 19.8 Å². The van der Waals surface area contributed by atoms with Gasteiger partial charge in [-0.3, -0.25) is 0 Å². The van der Waals surface area contributed by atoms with Gasteiger partial charge in [0.2, 0.25) is 11.8 Å². The molecule has 1 unspecified atom stereocenters. The van der Waals surface area contributed by atoms with E-state index in [9.17, 15) is 5.26 Å². The molecule has 2 N–H and O–H groups in total. The predicted molar refractivity (Wildman–Crippen MR) is 114 cm³/mol. The molecule has 0 amide bonds. The number of fused-ring (bicyclic) bond motifs is 1. The molecule has 5 rings (SSSR count). The van der Waals surface area contributed by atoms with Gasteiger partial charge in [0.05, 0.1) is 29.5 Å². The van der Waals surface area contributed by atoms with Gasteiger partial charge in [-0.1, -0.05) is 6.07 Å². The fraction of sp³-hybridized carbons (Fsp3) is 0.348. The zero-order valence-corrected chi connectivity index (χ0v) is 17.8. The summed E-state index contributed by atoms with van der Waals surface area (Å²) < 4.78 is 15.6. The number of nitriles is 1. The largest absolute Gasteiger partial charge is 0.493 e. The van der Waals surface area contributed by atoms with E-state index in [0.717, 1.165) is 41.2 Å². The van der Waals surface area contributed by atoms with E-state index in [4.69, 9.17) is 20.3 Å². The standard InChI is InChI=1S/C23H24N6O2/c1-4-30-18-11-15(29-10-9-26-13(29)2)7-8-16(18)19-17(12-24)22(25)31-23-20(19)21(14-5-6-14)27-28(23)3/h7-11,14,19H,4-6,25H2,1-3H3. The van der Waals surface area contributed by atoms with Crippen molar-refractivity contribution in [2.75, 3.05) is 6.61 Å². The van der Waals surface area contributed by atoms with Crippen LogP contribution in [0.15, 0.2) is 42.0 Å². The van der Waals surface area contributed by atoms with E-state index in [1.165, 1.54) is 0 Å². The van der Waals surface area contributed by atoms with Crippen LogP contribution in [0.1, 0.15) is 54.2 Å². The maximum atomic E-state index is 9.98. The van der Waals surface area contributed by atoms with Gasteiger partial charge in [0.1, 0.15) is 23.2 Å². The highest BCUT2D eigenvalue weighted by Crippen LogP contribution is 2.52. The smallest absolute Gasteiger partial charge is 0.224 e. The molecule has 1 aliphatic heterocycles. The Morgan fingerprint density at radius 1 is 1.35 bits per heavy atom. The van der Waals surface area contributed by atoms with E-state index in [1.807, 2.05) is 49.9 Å². The molecule has 2 aromatic heterocycles. The Hall–Kier alpha value is -3.73. The molecule has 8 nitrogen and oxygen atoms in total. The SMILES string of the molecule is CCOc1cc(-n2ccnc2C)ccc1C1C(C#N)=C(N)Oc2c1c(C1CC1)nn2C. The second-order valence-electron chi connectivity index (χ2n) is 7.93. The summed E-state index contributed by atoms with van der Waals surface area (Å²) in [5.41, 5.74) is 10.3. The third kappa shape index (κ3) is 3.05. The van der Waals surface area contributed by atoms with Crippen molar-refractivity contribution in [3.8, 4) is 23.4 Å². The Morgan fingerprint density at radius 3 is 2.81 bits per heavy atom. The third-order valence-corrected chi connectivity index (χ3v) is 5.90. The molecule has 3 heterocycles. The summed E-state index contributed by atoms with van der Waals surface area (Å²) in [4.78, 5) is 4.31. The predicted octanol–water partition coefficient (Wildman–Crippen LogP) is 3.41. The minimum atomic E-state index is -0.391. The first-order valence-corrected chi connectivity index (χ1v) is 10.4. The average Bonchev–Trinajstić information content (AvgIpc) is 3.43. The van der Waals surface area contributed by atoms with E-state index < -0.39 is 5.92 Å². The maximum Gasteiger partial charge on any atom is 0.224 e. The molecule has 0 radical (unpaired) electrons. The number of ether oxygens (including phenoxy) is 2. The molecular weight excluding hydrogens is 392 g/mol. The molecule has 1 fully saturated rings. The fourth-order valence-electron chi connectivity index (χ4n) is 4.31. The number of imidazole rings is 1. The molecule has 1 saturated carbocycles. The molecule has 1 atom stereocenters. The zero-order chi connectivity index (χ0) is 21.7. The summed E-state index contributed by atoms with van der Waals surface area (Å²) in [6, 6.07) is 8.29. The lowest BCUT2D eigenvalue weighted by Crippen LogP contribution is -2.22. The Bertz CT molecular complexity index is 1240. The van der Waals surface area contributed by atoms with Crippen molar-refractivity contribution in [3.63, 3.8) is 0 Å². The summed E-state index contributed by atoms with van der Waals surface area (Å²) in [7, 11) is 1.85. The summed E-state index contributed by atoms with van der Waals surface area (Å²) in [5, 5.41) is 14.7. The third-order valence-electron chi connectivity index (χ3n) is 5.90. The molecule has 0 spiro atoms. The lowest BCUT2D eigenvalue weighted by atomic mass is 9.82. The molecule has 3 aromatic rings. The summed E-state index contributed by atoms with van der Waals surface area (Å²) in [6.45, 7) is 4.40. The lowest BCUT2D eigenvalue weighted by Gasteiger charge is -2.26. The van der Waals surface area contributed by atoms with Crippen LogP contribution in [-0.4, -0.2) is 25.9 Å². The van der Waals surface area contributed by atoms with Crippen molar-refractivity contribution in [3.05, 3.63) is 64.7 Å². The van der Waals surface area contributed by atoms with Crippen molar-refractivity contribution in [1.82, 2.24) is 19.3 Å². The molecule has 1 aromatic carbocycles. The van der Waals surface area contributed by atoms with Crippen molar-refractivity contribution < 1.29 is 9.47 Å². The van der Waals surface area contributed by atoms with Crippen LogP contribution >= 0.6 is 0 Å². The van der Waals surface area contributed by atoms with Crippen LogP contribution in [-0.2, 0) is 7.05 Å². The first-order chi connectivity index (χ1) is 15.0. The summed E-state index contributed by atoms with van der Waals surface area (Å²) in [5.74, 6) is 2.30. The van der Waals surface area contributed by atoms with Crippen LogP contribution in [0.5, 0.6) is 11.6 Å². The van der Waals surface area contributed by atoms with Crippen LogP contribution in [0, 0.1) is 18.3 Å². The number of nitrogens with zero attached hydrogens (tertiary/aromatic N) is 5. The van der Waals surface area contributed by atoms with Crippen molar-refractivity contribution in [2.24, 2.45) is 12.8 Å². The second kappa shape index (κ2) is 7.20. The Balaban J connectivity index is 1.72. The van der Waals surface area contributed by atoms with Gasteiger partial charge in [-0.25, -0.2) is 9.67 Å². The first-order valence-electron chi connectivity index (χ1n) is 10.4. The highest BCUT2D eigenvalue weighted by molar-refractivity contribution is 5.61. The Kier molecular flexibility index (Phi) is 4.47. The molecule has 8 heteroatoms. The molecule has 158 valence electrons. The number of allylic oxidation sites excluding steroid dienone is 1. The Morgan fingerprint density at radius 2 is 2.16 bits per heavy atom. The number of hydrogen-bond donors (Lipinski definition) is 1. The van der Waals surface area contributed by atoms with Gasteiger partial charge >= 0.3 is 0 Å². The number of nitrogens with two attached hydrogens (primary N) is 1. The molecule has 1 aliphatic carbocycles. The summed E-state index contributed by atoms with van der Waals surface area (Å²) in [6.07, 6.45) is 5.86. The number of aryl methyl sites for hydroxylation is 2. The van der Waals surface area contributed by atoms with Crippen LogP contribution in [0.2, 0.25) is 0 Å². The molecule has 31 heavy (non-hydrogen) atoms. The van der Waals surface area contributed by atoms with E-state index in [2.05, 4.69) is 11.1 Å². The van der Waals surface area contributed by atoms with Gasteiger partial charge in [-0.15, -0.1) is 0 Å². The van der Waals surface area contributed by atoms with Gasteiger partial charge in [-0.2, -0.15) is 10.4 Å². The Labute approximate surface area is 180 Å². The van der Waals surface area contributed by atoms with Crippen LogP contribution in [0.3, 0.4) is 0 Å². The highest BCUT2D eigenvalue weighted by Gasteiger charge is 2.41. The van der Waals surface area contributed by atoms with E-state index in [0.29, 0.717) is 29.7 Å². The normalized spacial score (nSPS) is 17.8. The molecule has 2 aliphatic rings. The number of hydrogen-bond acceptors (Lipinski definition) is 6. The van der Waals surface area contributed by atoms with E-state index >= 15 is 0 Å². The lowest BCUT2D eigenvalue weighted by molar-refractivity contribution is 0.332. The van der Waals surface area contributed by atoms with Crippen LogP contribution in [0.4, 0.5) is 0 Å². The second-order valence-corrected chi connectivity index (χ2v) is 7.93. The van der Waals surface area contributed by atoms with Gasteiger partial charge in [0, 0.05) is 37.0 Å². The maximum absolute atomic E-state index is 9.98. The fourth-order valence-corrected chi connectivity index (χ4v) is 4.31. The molecule has 0 bridgehead atoms.